The molecule has 5 heteroatoms. The fourth-order valence-corrected chi connectivity index (χ4v) is 2.81. The van der Waals surface area contributed by atoms with Gasteiger partial charge in [-0.3, -0.25) is 0 Å². The molecule has 0 atom stereocenters. The van der Waals surface area contributed by atoms with Gasteiger partial charge in [0.2, 0.25) is 5.95 Å². The van der Waals surface area contributed by atoms with Gasteiger partial charge in [-0.2, -0.15) is 0 Å². The van der Waals surface area contributed by atoms with E-state index >= 15 is 0 Å². The number of imidazole rings is 1. The van der Waals surface area contributed by atoms with Gasteiger partial charge >= 0.3 is 0 Å². The molecule has 0 unspecified atom stereocenters. The Labute approximate surface area is 116 Å². The minimum absolute atomic E-state index is 0.716. The number of benzene rings is 1. The summed E-state index contributed by atoms with van der Waals surface area (Å²) in [6.45, 7) is 2.84. The maximum atomic E-state index is 4.58. The zero-order chi connectivity index (χ0) is 13.2. The lowest BCUT2D eigenvalue weighted by Gasteiger charge is -2.04. The largest absolute Gasteiger partial charge is 0.350 e. The number of nitrogens with one attached hydrogen (secondary N) is 1. The molecule has 0 aliphatic rings. The third kappa shape index (κ3) is 2.33. The van der Waals surface area contributed by atoms with Crippen molar-refractivity contribution >= 4 is 28.3 Å². The third-order valence-corrected chi connectivity index (χ3v) is 4.16. The van der Waals surface area contributed by atoms with Crippen molar-refractivity contribution in [3.8, 4) is 0 Å². The Hall–Kier alpha value is -1.88. The summed E-state index contributed by atoms with van der Waals surface area (Å²) in [5.74, 6) is 0.882. The number of fused-ring (bicyclic) bond motifs is 1. The van der Waals surface area contributed by atoms with Crippen molar-refractivity contribution in [2.45, 2.75) is 19.9 Å². The molecule has 2 aromatic heterocycles. The Bertz CT molecular complexity index is 698. The van der Waals surface area contributed by atoms with Gasteiger partial charge in [-0.25, -0.2) is 9.97 Å². The van der Waals surface area contributed by atoms with Crippen LogP contribution in [0, 0.1) is 0 Å². The van der Waals surface area contributed by atoms with E-state index in [-0.39, 0.29) is 0 Å². The van der Waals surface area contributed by atoms with Crippen molar-refractivity contribution in [2.24, 2.45) is 7.05 Å². The molecule has 0 bridgehead atoms. The molecule has 0 fully saturated rings. The van der Waals surface area contributed by atoms with Gasteiger partial charge in [0.05, 0.1) is 28.3 Å². The number of hydrogen-bond donors (Lipinski definition) is 1. The van der Waals surface area contributed by atoms with Crippen LogP contribution in [0.25, 0.3) is 11.0 Å². The number of aryl methyl sites for hydroxylation is 2. The summed E-state index contributed by atoms with van der Waals surface area (Å²) in [7, 11) is 2.02. The van der Waals surface area contributed by atoms with Crippen LogP contribution < -0.4 is 5.32 Å². The number of aromatic nitrogens is 3. The molecular weight excluding hydrogens is 256 g/mol. The zero-order valence-corrected chi connectivity index (χ0v) is 11.9. The average molecular weight is 272 g/mol. The topological polar surface area (TPSA) is 42.7 Å². The number of thiazole rings is 1. The SMILES string of the molecule is CCc1nc(CNc2nc3ccccc3n2C)cs1. The van der Waals surface area contributed by atoms with Gasteiger partial charge in [-0.1, -0.05) is 19.1 Å². The fourth-order valence-electron chi connectivity index (χ4n) is 2.07. The van der Waals surface area contributed by atoms with E-state index in [2.05, 4.69) is 38.2 Å². The van der Waals surface area contributed by atoms with Crippen molar-refractivity contribution < 1.29 is 0 Å². The molecule has 2 heterocycles. The number of para-hydroxylation sites is 2. The predicted molar refractivity (Wildman–Crippen MR) is 79.5 cm³/mol. The molecule has 0 saturated carbocycles. The summed E-state index contributed by atoms with van der Waals surface area (Å²) in [6, 6.07) is 8.14. The molecule has 0 aliphatic carbocycles. The molecule has 0 radical (unpaired) electrons. The van der Waals surface area contributed by atoms with E-state index in [0.29, 0.717) is 6.54 Å². The van der Waals surface area contributed by atoms with Crippen molar-refractivity contribution in [2.75, 3.05) is 5.32 Å². The number of nitrogens with zero attached hydrogens (tertiary/aromatic N) is 3. The smallest absolute Gasteiger partial charge is 0.203 e. The van der Waals surface area contributed by atoms with Crippen molar-refractivity contribution in [1.29, 1.82) is 0 Å². The minimum Gasteiger partial charge on any atom is -0.350 e. The average Bonchev–Trinajstić information content (AvgIpc) is 3.02. The molecule has 98 valence electrons. The predicted octanol–water partition coefficient (Wildman–Crippen LogP) is 3.20. The van der Waals surface area contributed by atoms with E-state index in [1.807, 2.05) is 25.2 Å². The maximum Gasteiger partial charge on any atom is 0.203 e. The molecule has 3 rings (SSSR count). The van der Waals surface area contributed by atoms with Crippen LogP contribution in [0.2, 0.25) is 0 Å². The normalized spacial score (nSPS) is 11.1. The first kappa shape index (κ1) is 12.2. The molecule has 0 aliphatic heterocycles. The Morgan fingerprint density at radius 2 is 2.11 bits per heavy atom. The third-order valence-electron chi connectivity index (χ3n) is 3.12. The molecule has 1 aromatic carbocycles. The van der Waals surface area contributed by atoms with Gasteiger partial charge in [0.15, 0.2) is 0 Å². The van der Waals surface area contributed by atoms with E-state index in [1.165, 1.54) is 5.01 Å². The zero-order valence-electron chi connectivity index (χ0n) is 11.1. The molecule has 3 aromatic rings. The van der Waals surface area contributed by atoms with Crippen LogP contribution in [0.15, 0.2) is 29.6 Å². The maximum absolute atomic E-state index is 4.58. The van der Waals surface area contributed by atoms with Crippen LogP contribution in [0.1, 0.15) is 17.6 Å². The summed E-state index contributed by atoms with van der Waals surface area (Å²) in [4.78, 5) is 9.13. The highest BCUT2D eigenvalue weighted by molar-refractivity contribution is 7.09. The number of anilines is 1. The standard InChI is InChI=1S/C14H16N4S/c1-3-13-16-10(9-19-13)8-15-14-17-11-6-4-5-7-12(11)18(14)2/h4-7,9H,3,8H2,1-2H3,(H,15,17). The first-order valence-corrected chi connectivity index (χ1v) is 7.24. The molecule has 0 spiro atoms. The molecular formula is C14H16N4S. The Morgan fingerprint density at radius 1 is 1.26 bits per heavy atom. The van der Waals surface area contributed by atoms with Crippen LogP contribution in [-0.2, 0) is 20.0 Å². The summed E-state index contributed by atoms with van der Waals surface area (Å²) >= 11 is 1.72. The van der Waals surface area contributed by atoms with Crippen molar-refractivity contribution in [3.63, 3.8) is 0 Å². The van der Waals surface area contributed by atoms with E-state index in [0.717, 1.165) is 29.1 Å². The van der Waals surface area contributed by atoms with Crippen molar-refractivity contribution in [1.82, 2.24) is 14.5 Å². The van der Waals surface area contributed by atoms with Gasteiger partial charge in [0, 0.05) is 12.4 Å². The van der Waals surface area contributed by atoms with E-state index in [4.69, 9.17) is 0 Å². The van der Waals surface area contributed by atoms with E-state index in [1.54, 1.807) is 11.3 Å². The van der Waals surface area contributed by atoms with Crippen molar-refractivity contribution in [3.05, 3.63) is 40.3 Å². The Morgan fingerprint density at radius 3 is 2.84 bits per heavy atom. The van der Waals surface area contributed by atoms with Crippen LogP contribution in [0.5, 0.6) is 0 Å². The molecule has 0 amide bonds. The number of rotatable bonds is 4. The monoisotopic (exact) mass is 272 g/mol. The molecule has 1 N–H and O–H groups in total. The highest BCUT2D eigenvalue weighted by Crippen LogP contribution is 2.18. The lowest BCUT2D eigenvalue weighted by molar-refractivity contribution is 0.915. The summed E-state index contributed by atoms with van der Waals surface area (Å²) in [5, 5.41) is 6.64. The van der Waals surface area contributed by atoms with Gasteiger partial charge < -0.3 is 9.88 Å². The summed E-state index contributed by atoms with van der Waals surface area (Å²) in [6.07, 6.45) is 0.997. The van der Waals surface area contributed by atoms with E-state index < -0.39 is 0 Å². The second-order valence-corrected chi connectivity index (χ2v) is 5.37. The second-order valence-electron chi connectivity index (χ2n) is 4.42. The molecule has 0 saturated heterocycles. The lowest BCUT2D eigenvalue weighted by atomic mass is 10.3. The van der Waals surface area contributed by atoms with Crippen LogP contribution >= 0.6 is 11.3 Å². The number of hydrogen-bond acceptors (Lipinski definition) is 4. The lowest BCUT2D eigenvalue weighted by Crippen LogP contribution is -2.05. The minimum atomic E-state index is 0.716. The van der Waals surface area contributed by atoms with Crippen LogP contribution in [0.3, 0.4) is 0 Å². The second kappa shape index (κ2) is 5.01. The van der Waals surface area contributed by atoms with Crippen LogP contribution in [-0.4, -0.2) is 14.5 Å². The summed E-state index contributed by atoms with van der Waals surface area (Å²) < 4.78 is 2.07. The Balaban J connectivity index is 1.79. The molecule has 4 nitrogen and oxygen atoms in total. The van der Waals surface area contributed by atoms with Gasteiger partial charge in [-0.05, 0) is 18.6 Å². The fraction of sp³-hybridized carbons (Fsp3) is 0.286. The first-order valence-electron chi connectivity index (χ1n) is 6.36. The van der Waals surface area contributed by atoms with E-state index in [9.17, 15) is 0 Å². The molecule has 19 heavy (non-hydrogen) atoms. The highest BCUT2D eigenvalue weighted by atomic mass is 32.1. The van der Waals surface area contributed by atoms with Gasteiger partial charge in [0.25, 0.3) is 0 Å². The van der Waals surface area contributed by atoms with Crippen LogP contribution in [0.4, 0.5) is 5.95 Å². The first-order chi connectivity index (χ1) is 9.28. The van der Waals surface area contributed by atoms with Gasteiger partial charge in [0.1, 0.15) is 0 Å². The highest BCUT2D eigenvalue weighted by Gasteiger charge is 2.07. The summed E-state index contributed by atoms with van der Waals surface area (Å²) in [5.41, 5.74) is 3.23. The van der Waals surface area contributed by atoms with Gasteiger partial charge in [-0.15, -0.1) is 11.3 Å². The quantitative estimate of drug-likeness (QED) is 0.793. The Kier molecular flexibility index (Phi) is 3.21.